The van der Waals surface area contributed by atoms with Gasteiger partial charge in [-0.3, -0.25) is 0 Å². The molecule has 0 spiro atoms. The summed E-state index contributed by atoms with van der Waals surface area (Å²) in [7, 11) is 0. The highest BCUT2D eigenvalue weighted by Crippen LogP contribution is 2.07. The molecule has 0 unspecified atom stereocenters. The average molecular weight is 231 g/mol. The Morgan fingerprint density at radius 3 is 2.71 bits per heavy atom. The first-order chi connectivity index (χ1) is 8.16. The van der Waals surface area contributed by atoms with Crippen LogP contribution in [-0.4, -0.2) is 15.6 Å². The summed E-state index contributed by atoms with van der Waals surface area (Å²) in [6, 6.07) is 9.45. The summed E-state index contributed by atoms with van der Waals surface area (Å²) in [5.41, 5.74) is 7.17. The van der Waals surface area contributed by atoms with Gasteiger partial charge in [-0.25, -0.2) is 14.3 Å². The molecule has 17 heavy (non-hydrogen) atoms. The van der Waals surface area contributed by atoms with Crippen molar-refractivity contribution < 1.29 is 9.53 Å². The minimum absolute atomic E-state index is 0.139. The molecule has 88 valence electrons. The van der Waals surface area contributed by atoms with E-state index in [4.69, 9.17) is 10.5 Å². The van der Waals surface area contributed by atoms with Gasteiger partial charge in [-0.1, -0.05) is 30.3 Å². The predicted octanol–water partition coefficient (Wildman–Crippen LogP) is 1.96. The Morgan fingerprint density at radius 2 is 2.12 bits per heavy atom. The van der Waals surface area contributed by atoms with Crippen molar-refractivity contribution >= 4 is 12.0 Å². The molecule has 5 nitrogen and oxygen atoms in total. The second kappa shape index (κ2) is 4.69. The van der Waals surface area contributed by atoms with Crippen LogP contribution in [-0.2, 0) is 11.3 Å². The van der Waals surface area contributed by atoms with Gasteiger partial charge in [-0.2, -0.15) is 0 Å². The zero-order chi connectivity index (χ0) is 12.3. The third kappa shape index (κ3) is 2.63. The topological polar surface area (TPSA) is 70.1 Å². The van der Waals surface area contributed by atoms with Crippen molar-refractivity contribution in [2.24, 2.45) is 0 Å². The molecule has 2 N–H and O–H groups in total. The van der Waals surface area contributed by atoms with Crippen LogP contribution in [0.4, 0.5) is 10.7 Å². The Labute approximate surface area is 98.8 Å². The van der Waals surface area contributed by atoms with E-state index in [0.29, 0.717) is 5.69 Å². The molecule has 0 aliphatic rings. The standard InChI is InChI=1S/C12H13N3O2/c1-9-7-15(11(13)14-9)12(16)17-8-10-5-3-2-4-6-10/h2-7H,8H2,1H3,(H2,13,14). The van der Waals surface area contributed by atoms with Gasteiger partial charge >= 0.3 is 6.09 Å². The fourth-order valence-corrected chi connectivity index (χ4v) is 1.45. The smallest absolute Gasteiger partial charge is 0.421 e. The van der Waals surface area contributed by atoms with Crippen molar-refractivity contribution in [3.8, 4) is 0 Å². The van der Waals surface area contributed by atoms with Gasteiger partial charge in [0.2, 0.25) is 5.95 Å². The van der Waals surface area contributed by atoms with Crippen LogP contribution in [0.2, 0.25) is 0 Å². The van der Waals surface area contributed by atoms with Crippen molar-refractivity contribution in [2.75, 3.05) is 5.73 Å². The Balaban J connectivity index is 2.01. The number of rotatable bonds is 2. The summed E-state index contributed by atoms with van der Waals surface area (Å²) in [6.07, 6.45) is 1.02. The highest BCUT2D eigenvalue weighted by Gasteiger charge is 2.11. The number of anilines is 1. The summed E-state index contributed by atoms with van der Waals surface area (Å²) in [5.74, 6) is 0.139. The van der Waals surface area contributed by atoms with Crippen LogP contribution in [0.1, 0.15) is 11.3 Å². The molecule has 0 aliphatic carbocycles. The SMILES string of the molecule is Cc1cn(C(=O)OCc2ccccc2)c(N)n1. The molecule has 0 atom stereocenters. The third-order valence-electron chi connectivity index (χ3n) is 2.26. The van der Waals surface area contributed by atoms with E-state index in [0.717, 1.165) is 5.56 Å². The fraction of sp³-hybridized carbons (Fsp3) is 0.167. The number of aromatic nitrogens is 2. The highest BCUT2D eigenvalue weighted by atomic mass is 16.5. The molecule has 1 aromatic heterocycles. The molecular formula is C12H13N3O2. The number of ether oxygens (including phenoxy) is 1. The maximum Gasteiger partial charge on any atom is 0.421 e. The summed E-state index contributed by atoms with van der Waals surface area (Å²) in [4.78, 5) is 15.6. The molecular weight excluding hydrogens is 218 g/mol. The first kappa shape index (κ1) is 11.2. The van der Waals surface area contributed by atoms with Crippen LogP contribution >= 0.6 is 0 Å². The monoisotopic (exact) mass is 231 g/mol. The van der Waals surface area contributed by atoms with E-state index in [1.54, 1.807) is 13.1 Å². The van der Waals surface area contributed by atoms with Gasteiger partial charge in [0, 0.05) is 6.20 Å². The quantitative estimate of drug-likeness (QED) is 0.857. The summed E-state index contributed by atoms with van der Waals surface area (Å²) in [5, 5.41) is 0. The van der Waals surface area contributed by atoms with E-state index >= 15 is 0 Å². The number of nitrogens with two attached hydrogens (primary N) is 1. The first-order valence-electron chi connectivity index (χ1n) is 5.19. The Morgan fingerprint density at radius 1 is 1.41 bits per heavy atom. The van der Waals surface area contributed by atoms with Gasteiger partial charge in [0.1, 0.15) is 6.61 Å². The Bertz CT molecular complexity index is 520. The minimum atomic E-state index is -0.521. The number of benzene rings is 1. The fourth-order valence-electron chi connectivity index (χ4n) is 1.45. The lowest BCUT2D eigenvalue weighted by atomic mass is 10.2. The number of hydrogen-bond acceptors (Lipinski definition) is 4. The van der Waals surface area contributed by atoms with Crippen LogP contribution in [0.25, 0.3) is 0 Å². The van der Waals surface area contributed by atoms with Crippen molar-refractivity contribution in [1.82, 2.24) is 9.55 Å². The van der Waals surface area contributed by atoms with Crippen molar-refractivity contribution in [3.63, 3.8) is 0 Å². The molecule has 1 aromatic carbocycles. The van der Waals surface area contributed by atoms with Gasteiger partial charge in [-0.15, -0.1) is 0 Å². The number of imidazole rings is 1. The number of carbonyl (C=O) groups excluding carboxylic acids is 1. The molecule has 0 radical (unpaired) electrons. The van der Waals surface area contributed by atoms with Crippen molar-refractivity contribution in [1.29, 1.82) is 0 Å². The lowest BCUT2D eigenvalue weighted by Crippen LogP contribution is -2.15. The maximum atomic E-state index is 11.7. The minimum Gasteiger partial charge on any atom is -0.444 e. The van der Waals surface area contributed by atoms with E-state index in [1.165, 1.54) is 4.57 Å². The molecule has 0 saturated heterocycles. The number of carbonyl (C=O) groups is 1. The second-order valence-electron chi connectivity index (χ2n) is 3.65. The highest BCUT2D eigenvalue weighted by molar-refractivity contribution is 5.73. The molecule has 0 fully saturated rings. The van der Waals surface area contributed by atoms with Crippen LogP contribution < -0.4 is 5.73 Å². The average Bonchev–Trinajstić information content (AvgIpc) is 2.67. The lowest BCUT2D eigenvalue weighted by Gasteiger charge is -2.05. The molecule has 0 bridgehead atoms. The van der Waals surface area contributed by atoms with Crippen molar-refractivity contribution in [2.45, 2.75) is 13.5 Å². The molecule has 2 aromatic rings. The molecule has 0 saturated carbocycles. The first-order valence-corrected chi connectivity index (χ1v) is 5.19. The van der Waals surface area contributed by atoms with Gasteiger partial charge in [-0.05, 0) is 12.5 Å². The zero-order valence-corrected chi connectivity index (χ0v) is 9.46. The van der Waals surface area contributed by atoms with Crippen molar-refractivity contribution in [3.05, 3.63) is 47.8 Å². The summed E-state index contributed by atoms with van der Waals surface area (Å²) >= 11 is 0. The molecule has 0 amide bonds. The van der Waals surface area contributed by atoms with Crippen LogP contribution in [0, 0.1) is 6.92 Å². The maximum absolute atomic E-state index is 11.7. The number of nitrogen functional groups attached to an aromatic ring is 1. The molecule has 1 heterocycles. The van der Waals surface area contributed by atoms with E-state index in [-0.39, 0.29) is 12.6 Å². The van der Waals surface area contributed by atoms with Gasteiger partial charge < -0.3 is 10.5 Å². The number of aryl methyl sites for hydroxylation is 1. The number of nitrogens with zero attached hydrogens (tertiary/aromatic N) is 2. The van der Waals surface area contributed by atoms with Gasteiger partial charge in [0.05, 0.1) is 5.69 Å². The second-order valence-corrected chi connectivity index (χ2v) is 3.65. The largest absolute Gasteiger partial charge is 0.444 e. The normalized spacial score (nSPS) is 10.2. The van der Waals surface area contributed by atoms with E-state index in [9.17, 15) is 4.79 Å². The van der Waals surface area contributed by atoms with E-state index in [2.05, 4.69) is 4.98 Å². The molecule has 0 aliphatic heterocycles. The third-order valence-corrected chi connectivity index (χ3v) is 2.26. The van der Waals surface area contributed by atoms with Crippen LogP contribution in [0.15, 0.2) is 36.5 Å². The molecule has 2 rings (SSSR count). The van der Waals surface area contributed by atoms with Crippen LogP contribution in [0.3, 0.4) is 0 Å². The lowest BCUT2D eigenvalue weighted by molar-refractivity contribution is 0.142. The van der Waals surface area contributed by atoms with Gasteiger partial charge in [0.15, 0.2) is 0 Å². The number of hydrogen-bond donors (Lipinski definition) is 1. The molecule has 5 heteroatoms. The van der Waals surface area contributed by atoms with E-state index < -0.39 is 6.09 Å². The zero-order valence-electron chi connectivity index (χ0n) is 9.46. The van der Waals surface area contributed by atoms with E-state index in [1.807, 2.05) is 30.3 Å². The predicted molar refractivity (Wildman–Crippen MR) is 63.4 cm³/mol. The van der Waals surface area contributed by atoms with Gasteiger partial charge in [0.25, 0.3) is 0 Å². The summed E-state index contributed by atoms with van der Waals surface area (Å²) < 4.78 is 6.31. The Hall–Kier alpha value is -2.30. The Kier molecular flexibility index (Phi) is 3.09. The van der Waals surface area contributed by atoms with Crippen LogP contribution in [0.5, 0.6) is 0 Å². The summed E-state index contributed by atoms with van der Waals surface area (Å²) in [6.45, 7) is 1.98.